The maximum atomic E-state index is 12.7. The minimum Gasteiger partial charge on any atom is -0.297 e. The van der Waals surface area contributed by atoms with Gasteiger partial charge in [0.15, 0.2) is 15.7 Å². The number of anilines is 1. The molecule has 0 fully saturated rings. The van der Waals surface area contributed by atoms with Crippen LogP contribution >= 0.6 is 34.9 Å². The second kappa shape index (κ2) is 7.89. The molecule has 9 nitrogen and oxygen atoms in total. The fourth-order valence-corrected chi connectivity index (χ4v) is 4.97. The summed E-state index contributed by atoms with van der Waals surface area (Å²) in [7, 11) is 0. The number of benzene rings is 1. The molecule has 152 valence electrons. The smallest absolute Gasteiger partial charge is 0.270 e. The minimum atomic E-state index is -0.460. The van der Waals surface area contributed by atoms with Crippen molar-refractivity contribution in [1.29, 1.82) is 0 Å². The number of hydrogen-bond acceptors (Lipinski definition) is 8. The molecule has 3 aromatic heterocycles. The Morgan fingerprint density at radius 2 is 2.23 bits per heavy atom. The molecule has 30 heavy (non-hydrogen) atoms. The lowest BCUT2D eigenvalue weighted by atomic mass is 10.2. The first-order valence-electron chi connectivity index (χ1n) is 8.60. The number of fused-ring (bicyclic) bond motifs is 1. The van der Waals surface area contributed by atoms with E-state index >= 15 is 0 Å². The molecule has 0 spiro atoms. The molecule has 0 aliphatic heterocycles. The molecule has 0 aliphatic carbocycles. The van der Waals surface area contributed by atoms with Gasteiger partial charge in [-0.05, 0) is 31.3 Å². The Balaban J connectivity index is 1.61. The number of aromatic amines is 1. The van der Waals surface area contributed by atoms with Crippen LogP contribution in [0.2, 0.25) is 0 Å². The minimum absolute atomic E-state index is 0.0135. The van der Waals surface area contributed by atoms with Gasteiger partial charge in [0.25, 0.3) is 11.6 Å². The normalized spacial score (nSPS) is 11.0. The van der Waals surface area contributed by atoms with Gasteiger partial charge in [-0.15, -0.1) is 17.9 Å². The van der Waals surface area contributed by atoms with Gasteiger partial charge in [0, 0.05) is 28.8 Å². The predicted octanol–water partition coefficient (Wildman–Crippen LogP) is 4.93. The van der Waals surface area contributed by atoms with Gasteiger partial charge in [-0.25, -0.2) is 4.98 Å². The number of nitro benzene ring substituents is 1. The molecule has 12 heteroatoms. The highest BCUT2D eigenvalue weighted by Gasteiger charge is 2.19. The highest BCUT2D eigenvalue weighted by Crippen LogP contribution is 2.33. The molecule has 0 atom stereocenters. The largest absolute Gasteiger partial charge is 0.297 e. The molecule has 3 heterocycles. The van der Waals surface area contributed by atoms with Crippen molar-refractivity contribution < 1.29 is 9.72 Å². The van der Waals surface area contributed by atoms with E-state index in [1.165, 1.54) is 34.8 Å². The number of nitro groups is 1. The number of non-ortho nitro benzene ring substituents is 1. The number of carbonyl (C=O) groups excluding carboxylic acids is 1. The van der Waals surface area contributed by atoms with Gasteiger partial charge >= 0.3 is 0 Å². The van der Waals surface area contributed by atoms with Crippen molar-refractivity contribution >= 4 is 61.7 Å². The topological polar surface area (TPSA) is 119 Å². The maximum Gasteiger partial charge on any atom is 0.270 e. The number of thiazole rings is 1. The van der Waals surface area contributed by atoms with Gasteiger partial charge in [-0.3, -0.25) is 29.9 Å². The molecule has 4 aromatic rings. The summed E-state index contributed by atoms with van der Waals surface area (Å²) >= 11 is 7.80. The van der Waals surface area contributed by atoms with Crippen molar-refractivity contribution in [3.63, 3.8) is 0 Å². The zero-order chi connectivity index (χ0) is 21.4. The molecule has 0 unspecified atom stereocenters. The lowest BCUT2D eigenvalue weighted by Gasteiger charge is -2.01. The van der Waals surface area contributed by atoms with Crippen molar-refractivity contribution in [3.8, 4) is 10.7 Å². The van der Waals surface area contributed by atoms with Crippen LogP contribution in [0.25, 0.3) is 20.8 Å². The molecule has 0 saturated carbocycles. The van der Waals surface area contributed by atoms with E-state index in [0.29, 0.717) is 38.2 Å². The lowest BCUT2D eigenvalue weighted by molar-refractivity contribution is -0.384. The molecule has 0 radical (unpaired) electrons. The third-order valence-electron chi connectivity index (χ3n) is 4.22. The van der Waals surface area contributed by atoms with Gasteiger partial charge < -0.3 is 0 Å². The summed E-state index contributed by atoms with van der Waals surface area (Å²) in [5.74, 6) is 0.300. The molecule has 1 amide bonds. The van der Waals surface area contributed by atoms with Gasteiger partial charge in [-0.1, -0.05) is 17.4 Å². The van der Waals surface area contributed by atoms with Crippen LogP contribution in [0.1, 0.15) is 15.4 Å². The molecule has 0 aliphatic rings. The van der Waals surface area contributed by atoms with Crippen LogP contribution in [-0.2, 0) is 6.54 Å². The summed E-state index contributed by atoms with van der Waals surface area (Å²) < 4.78 is 3.07. The number of carbonyl (C=O) groups is 1. The van der Waals surface area contributed by atoms with Crippen LogP contribution in [0.5, 0.6) is 0 Å². The van der Waals surface area contributed by atoms with E-state index in [0.717, 1.165) is 9.58 Å². The zero-order valence-electron chi connectivity index (χ0n) is 15.5. The second-order valence-electron chi connectivity index (χ2n) is 6.23. The summed E-state index contributed by atoms with van der Waals surface area (Å²) in [5, 5.41) is 21.9. The fourth-order valence-electron chi connectivity index (χ4n) is 2.86. The van der Waals surface area contributed by atoms with Crippen molar-refractivity contribution in [1.82, 2.24) is 19.7 Å². The Morgan fingerprint density at radius 3 is 2.97 bits per heavy atom. The van der Waals surface area contributed by atoms with Crippen molar-refractivity contribution in [3.05, 3.63) is 62.4 Å². The first-order valence-corrected chi connectivity index (χ1v) is 10.6. The van der Waals surface area contributed by atoms with E-state index in [-0.39, 0.29) is 11.6 Å². The van der Waals surface area contributed by atoms with E-state index in [2.05, 4.69) is 27.1 Å². The van der Waals surface area contributed by atoms with Gasteiger partial charge in [-0.2, -0.15) is 5.10 Å². The summed E-state index contributed by atoms with van der Waals surface area (Å²) in [6.45, 7) is 6.06. The SMILES string of the molecule is C=CCn1c(-c2sc(NC(=O)c3cc4cc([N+](=O)[O-])ccc4s3)nc2C)n[nH]c1=S. The Morgan fingerprint density at radius 1 is 1.43 bits per heavy atom. The predicted molar refractivity (Wildman–Crippen MR) is 120 cm³/mol. The highest BCUT2D eigenvalue weighted by molar-refractivity contribution is 7.71. The van der Waals surface area contributed by atoms with Crippen LogP contribution in [0, 0.1) is 21.8 Å². The third-order valence-corrected chi connectivity index (χ3v) is 6.72. The number of allylic oxidation sites excluding steroid dienone is 1. The van der Waals surface area contributed by atoms with E-state index in [4.69, 9.17) is 12.2 Å². The van der Waals surface area contributed by atoms with Gasteiger partial charge in [0.2, 0.25) is 0 Å². The third kappa shape index (κ3) is 3.67. The van der Waals surface area contributed by atoms with Gasteiger partial charge in [0.05, 0.1) is 20.4 Å². The Hall–Kier alpha value is -3.22. The number of rotatable bonds is 6. The Labute approximate surface area is 182 Å². The average molecular weight is 459 g/mol. The summed E-state index contributed by atoms with van der Waals surface area (Å²) in [4.78, 5) is 28.8. The van der Waals surface area contributed by atoms with Crippen LogP contribution < -0.4 is 5.32 Å². The van der Waals surface area contributed by atoms with E-state index in [1.54, 1.807) is 22.8 Å². The van der Waals surface area contributed by atoms with Crippen molar-refractivity contribution in [2.45, 2.75) is 13.5 Å². The molecular weight excluding hydrogens is 444 g/mol. The number of H-pyrrole nitrogens is 1. The number of nitrogens with zero attached hydrogens (tertiary/aromatic N) is 4. The summed E-state index contributed by atoms with van der Waals surface area (Å²) in [6, 6.07) is 6.16. The molecule has 4 rings (SSSR count). The molecular formula is C18H14N6O3S3. The van der Waals surface area contributed by atoms with Crippen LogP contribution in [-0.4, -0.2) is 30.6 Å². The van der Waals surface area contributed by atoms with E-state index in [9.17, 15) is 14.9 Å². The first-order chi connectivity index (χ1) is 14.4. The monoisotopic (exact) mass is 458 g/mol. The number of hydrogen-bond donors (Lipinski definition) is 2. The number of aryl methyl sites for hydroxylation is 1. The summed E-state index contributed by atoms with van der Waals surface area (Å²) in [5.41, 5.74) is 0.696. The molecule has 1 aromatic carbocycles. The highest BCUT2D eigenvalue weighted by atomic mass is 32.1. The second-order valence-corrected chi connectivity index (χ2v) is 8.70. The Bertz CT molecular complexity index is 1360. The van der Waals surface area contributed by atoms with Crippen LogP contribution in [0.4, 0.5) is 10.8 Å². The zero-order valence-corrected chi connectivity index (χ0v) is 18.0. The maximum absolute atomic E-state index is 12.7. The molecule has 0 bridgehead atoms. The molecule has 2 N–H and O–H groups in total. The lowest BCUT2D eigenvalue weighted by Crippen LogP contribution is -2.09. The average Bonchev–Trinajstić information content (AvgIpc) is 3.39. The van der Waals surface area contributed by atoms with Gasteiger partial charge in [0.1, 0.15) is 0 Å². The number of nitrogens with one attached hydrogen (secondary N) is 2. The number of aromatic nitrogens is 4. The van der Waals surface area contributed by atoms with Crippen molar-refractivity contribution in [2.75, 3.05) is 5.32 Å². The van der Waals surface area contributed by atoms with Crippen LogP contribution in [0.15, 0.2) is 36.9 Å². The standard InChI is InChI=1S/C18H14N6O3S3/c1-3-6-23-15(21-22-18(23)28)14-9(2)19-17(30-14)20-16(25)13-8-10-7-11(24(26)27)4-5-12(10)29-13/h3-5,7-8H,1,6H2,2H3,(H,22,28)(H,19,20,25). The van der Waals surface area contributed by atoms with E-state index < -0.39 is 4.92 Å². The summed E-state index contributed by atoms with van der Waals surface area (Å²) in [6.07, 6.45) is 1.72. The molecule has 0 saturated heterocycles. The fraction of sp³-hybridized carbons (Fsp3) is 0.111. The first kappa shape index (κ1) is 20.1. The van der Waals surface area contributed by atoms with Crippen LogP contribution in [0.3, 0.4) is 0 Å². The number of thiophene rings is 1. The quantitative estimate of drug-likeness (QED) is 0.183. The van der Waals surface area contributed by atoms with E-state index in [1.807, 2.05) is 6.92 Å². The number of amides is 1. The Kier molecular flexibility index (Phi) is 5.28. The van der Waals surface area contributed by atoms with Crippen molar-refractivity contribution in [2.24, 2.45) is 0 Å².